The average molecular weight is 411 g/mol. The minimum absolute atomic E-state index is 0.0371. The van der Waals surface area contributed by atoms with Crippen molar-refractivity contribution in [1.82, 2.24) is 9.78 Å². The summed E-state index contributed by atoms with van der Waals surface area (Å²) in [5, 5.41) is 10.2. The molecule has 29 heavy (non-hydrogen) atoms. The Bertz CT molecular complexity index is 1100. The lowest BCUT2D eigenvalue weighted by Gasteiger charge is -2.18. The van der Waals surface area contributed by atoms with E-state index in [1.54, 1.807) is 12.1 Å². The zero-order valence-electron chi connectivity index (χ0n) is 15.5. The van der Waals surface area contributed by atoms with Crippen molar-refractivity contribution in [2.24, 2.45) is 0 Å². The molecule has 0 fully saturated rings. The van der Waals surface area contributed by atoms with Crippen LogP contribution in [0.1, 0.15) is 12.0 Å². The molecule has 0 unspecified atom stereocenters. The molecule has 0 saturated heterocycles. The highest BCUT2D eigenvalue weighted by molar-refractivity contribution is 6.32. The minimum atomic E-state index is -0.388. The van der Waals surface area contributed by atoms with E-state index in [9.17, 15) is 9.59 Å². The van der Waals surface area contributed by atoms with Gasteiger partial charge in [0.1, 0.15) is 17.4 Å². The van der Waals surface area contributed by atoms with Gasteiger partial charge < -0.3 is 15.4 Å². The van der Waals surface area contributed by atoms with Crippen LogP contribution < -0.4 is 20.9 Å². The van der Waals surface area contributed by atoms with Crippen molar-refractivity contribution in [3.8, 4) is 11.4 Å². The second-order valence-electron chi connectivity index (χ2n) is 6.57. The largest absolute Gasteiger partial charge is 0.492 e. The Kier molecular flexibility index (Phi) is 5.48. The Morgan fingerprint density at radius 3 is 2.79 bits per heavy atom. The number of carbonyl (C=O) groups is 1. The van der Waals surface area contributed by atoms with E-state index in [2.05, 4.69) is 15.7 Å². The van der Waals surface area contributed by atoms with E-state index in [0.29, 0.717) is 37.4 Å². The third kappa shape index (κ3) is 4.25. The van der Waals surface area contributed by atoms with Crippen LogP contribution in [0.2, 0.25) is 5.02 Å². The number of carbonyl (C=O) groups excluding carboxylic acids is 1. The number of benzene rings is 2. The molecule has 0 spiro atoms. The number of aryl methyl sites for hydroxylation is 1. The van der Waals surface area contributed by atoms with Crippen LogP contribution in [0, 0.1) is 0 Å². The molecule has 0 radical (unpaired) electrons. The first-order valence-electron chi connectivity index (χ1n) is 9.24. The van der Waals surface area contributed by atoms with Gasteiger partial charge in [-0.25, -0.2) is 0 Å². The predicted molar refractivity (Wildman–Crippen MR) is 112 cm³/mol. The topological polar surface area (TPSA) is 85.2 Å². The lowest BCUT2D eigenvalue weighted by Crippen LogP contribution is -2.23. The quantitative estimate of drug-likeness (QED) is 0.609. The van der Waals surface area contributed by atoms with Gasteiger partial charge in [-0.1, -0.05) is 29.8 Å². The molecule has 3 aromatic rings. The number of amides is 1. The summed E-state index contributed by atoms with van der Waals surface area (Å²) in [4.78, 5) is 23.9. The third-order valence-corrected chi connectivity index (χ3v) is 4.94. The predicted octanol–water partition coefficient (Wildman–Crippen LogP) is 3.26. The van der Waals surface area contributed by atoms with Crippen LogP contribution in [-0.2, 0) is 11.2 Å². The molecule has 0 bridgehead atoms. The van der Waals surface area contributed by atoms with Crippen molar-refractivity contribution in [2.75, 3.05) is 23.8 Å². The summed E-state index contributed by atoms with van der Waals surface area (Å²) in [6.45, 7) is 0.827. The molecule has 7 nitrogen and oxygen atoms in total. The monoisotopic (exact) mass is 410 g/mol. The summed E-state index contributed by atoms with van der Waals surface area (Å²) < 4.78 is 7.02. The number of nitrogens with zero attached hydrogens (tertiary/aromatic N) is 2. The molecule has 148 valence electrons. The molecule has 0 atom stereocenters. The van der Waals surface area contributed by atoms with Gasteiger partial charge in [0.15, 0.2) is 0 Å². The zero-order chi connectivity index (χ0) is 20.2. The number of hydrogen-bond donors (Lipinski definition) is 2. The van der Waals surface area contributed by atoms with Crippen LogP contribution in [0.25, 0.3) is 5.69 Å². The molecule has 2 aromatic carbocycles. The van der Waals surface area contributed by atoms with Crippen molar-refractivity contribution in [1.29, 1.82) is 0 Å². The van der Waals surface area contributed by atoms with Gasteiger partial charge in [0.2, 0.25) is 5.91 Å². The summed E-state index contributed by atoms with van der Waals surface area (Å²) in [6, 6.07) is 14.7. The molecule has 8 heteroatoms. The number of para-hydroxylation sites is 1. The number of fused-ring (bicyclic) bond motifs is 1. The Morgan fingerprint density at radius 1 is 1.14 bits per heavy atom. The summed E-state index contributed by atoms with van der Waals surface area (Å²) in [7, 11) is 0. The summed E-state index contributed by atoms with van der Waals surface area (Å²) in [6.07, 6.45) is 2.71. The van der Waals surface area contributed by atoms with Gasteiger partial charge in [0.05, 0.1) is 17.6 Å². The van der Waals surface area contributed by atoms with Crippen LogP contribution in [0.5, 0.6) is 5.75 Å². The SMILES string of the molecule is O=C1CCc2cc(OCCNc3cnn(-c4ccccc4)c(=O)c3Cl)ccc2N1. The summed E-state index contributed by atoms with van der Waals surface area (Å²) >= 11 is 6.22. The van der Waals surface area contributed by atoms with Gasteiger partial charge >= 0.3 is 0 Å². The van der Waals surface area contributed by atoms with Crippen molar-refractivity contribution in [2.45, 2.75) is 12.8 Å². The highest BCUT2D eigenvalue weighted by Gasteiger charge is 2.15. The number of nitrogens with one attached hydrogen (secondary N) is 2. The van der Waals surface area contributed by atoms with Gasteiger partial charge in [-0.15, -0.1) is 0 Å². The van der Waals surface area contributed by atoms with E-state index in [-0.39, 0.29) is 16.5 Å². The maximum atomic E-state index is 12.5. The number of anilines is 2. The Hall–Kier alpha value is -3.32. The van der Waals surface area contributed by atoms with E-state index >= 15 is 0 Å². The fourth-order valence-corrected chi connectivity index (χ4v) is 3.31. The van der Waals surface area contributed by atoms with Crippen molar-refractivity contribution in [3.05, 3.63) is 75.7 Å². The maximum absolute atomic E-state index is 12.5. The third-order valence-electron chi connectivity index (χ3n) is 4.58. The molecule has 2 heterocycles. The van der Waals surface area contributed by atoms with E-state index in [1.165, 1.54) is 10.9 Å². The maximum Gasteiger partial charge on any atom is 0.292 e. The molecule has 1 aliphatic heterocycles. The Morgan fingerprint density at radius 2 is 1.97 bits per heavy atom. The molecule has 0 saturated carbocycles. The van der Waals surface area contributed by atoms with E-state index in [0.717, 1.165) is 17.0 Å². The second-order valence-corrected chi connectivity index (χ2v) is 6.95. The Balaban J connectivity index is 1.36. The van der Waals surface area contributed by atoms with Crippen LogP contribution >= 0.6 is 11.6 Å². The highest BCUT2D eigenvalue weighted by Crippen LogP contribution is 2.26. The molecular weight excluding hydrogens is 392 g/mol. The minimum Gasteiger partial charge on any atom is -0.492 e. The van der Waals surface area contributed by atoms with E-state index < -0.39 is 0 Å². The van der Waals surface area contributed by atoms with Crippen LogP contribution in [-0.4, -0.2) is 28.8 Å². The van der Waals surface area contributed by atoms with E-state index in [1.807, 2.05) is 36.4 Å². The zero-order valence-corrected chi connectivity index (χ0v) is 16.3. The molecule has 1 amide bonds. The molecule has 0 aliphatic carbocycles. The molecule has 2 N–H and O–H groups in total. The molecular formula is C21H19ClN4O3. The van der Waals surface area contributed by atoms with Gasteiger partial charge in [0, 0.05) is 18.7 Å². The fraction of sp³-hybridized carbons (Fsp3) is 0.190. The molecule has 1 aliphatic rings. The normalized spacial score (nSPS) is 12.8. The van der Waals surface area contributed by atoms with Crippen molar-refractivity contribution >= 4 is 28.9 Å². The van der Waals surface area contributed by atoms with Gasteiger partial charge in [-0.05, 0) is 42.3 Å². The van der Waals surface area contributed by atoms with E-state index in [4.69, 9.17) is 16.3 Å². The number of ether oxygens (including phenoxy) is 1. The van der Waals surface area contributed by atoms with Crippen LogP contribution in [0.15, 0.2) is 59.5 Å². The number of halogens is 1. The lowest BCUT2D eigenvalue weighted by molar-refractivity contribution is -0.116. The first-order chi connectivity index (χ1) is 14.1. The number of rotatable bonds is 6. The van der Waals surface area contributed by atoms with Gasteiger partial charge in [-0.3, -0.25) is 9.59 Å². The Labute approximate surface area is 172 Å². The van der Waals surface area contributed by atoms with Crippen LogP contribution in [0.3, 0.4) is 0 Å². The average Bonchev–Trinajstić information content (AvgIpc) is 2.74. The first-order valence-corrected chi connectivity index (χ1v) is 9.62. The lowest BCUT2D eigenvalue weighted by atomic mass is 10.0. The van der Waals surface area contributed by atoms with Gasteiger partial charge in [0.25, 0.3) is 5.56 Å². The number of aromatic nitrogens is 2. The number of hydrogen-bond acceptors (Lipinski definition) is 5. The fourth-order valence-electron chi connectivity index (χ4n) is 3.11. The highest BCUT2D eigenvalue weighted by atomic mass is 35.5. The smallest absolute Gasteiger partial charge is 0.292 e. The summed E-state index contributed by atoms with van der Waals surface area (Å²) in [5.41, 5.74) is 2.62. The van der Waals surface area contributed by atoms with Gasteiger partial charge in [-0.2, -0.15) is 9.78 Å². The second kappa shape index (κ2) is 8.36. The molecule has 4 rings (SSSR count). The molecule has 1 aromatic heterocycles. The van der Waals surface area contributed by atoms with Crippen LogP contribution in [0.4, 0.5) is 11.4 Å². The summed E-state index contributed by atoms with van der Waals surface area (Å²) in [5.74, 6) is 0.764. The van der Waals surface area contributed by atoms with Crippen molar-refractivity contribution < 1.29 is 9.53 Å². The van der Waals surface area contributed by atoms with Crippen molar-refractivity contribution in [3.63, 3.8) is 0 Å². The standard InChI is InChI=1S/C21H19ClN4O3/c22-20-18(13-24-26(21(20)28)15-4-2-1-3-5-15)23-10-11-29-16-7-8-17-14(12-16)6-9-19(27)25-17/h1-5,7-8,12-13,23H,6,9-11H2,(H,25,27). The first kappa shape index (κ1) is 19.0.